The van der Waals surface area contributed by atoms with Crippen LogP contribution in [0.15, 0.2) is 0 Å². The van der Waals surface area contributed by atoms with E-state index in [0.29, 0.717) is 0 Å². The summed E-state index contributed by atoms with van der Waals surface area (Å²) in [5, 5.41) is 9.14. The van der Waals surface area contributed by atoms with Gasteiger partial charge in [-0.25, -0.2) is 0 Å². The molecule has 1 nitrogen and oxygen atoms in total. The maximum atomic E-state index is 12.5. The first-order valence-corrected chi connectivity index (χ1v) is 6.24. The molecule has 0 aromatic carbocycles. The number of aliphatic hydroxyl groups is 1. The van der Waals surface area contributed by atoms with E-state index in [0.717, 1.165) is 0 Å². The minimum Gasteiger partial charge on any atom is -0.373 e. The van der Waals surface area contributed by atoms with E-state index < -0.39 is 23.9 Å². The van der Waals surface area contributed by atoms with E-state index in [-0.39, 0.29) is 29.6 Å². The van der Waals surface area contributed by atoms with Gasteiger partial charge in [0.1, 0.15) is 0 Å². The van der Waals surface area contributed by atoms with Crippen LogP contribution in [0.1, 0.15) is 25.7 Å². The van der Waals surface area contributed by atoms with Crippen molar-refractivity contribution in [2.24, 2.45) is 5.92 Å². The van der Waals surface area contributed by atoms with Crippen molar-refractivity contribution in [3.63, 3.8) is 0 Å². The molecule has 0 spiro atoms. The predicted octanol–water partition coefficient (Wildman–Crippen LogP) is 3.84. The Balaban J connectivity index is 3.00. The molecule has 1 aliphatic carbocycles. The molecule has 1 fully saturated rings. The first-order valence-electron chi connectivity index (χ1n) is 5.00. The summed E-state index contributed by atoms with van der Waals surface area (Å²) in [6, 6.07) is 0. The first kappa shape index (κ1) is 15.3. The summed E-state index contributed by atoms with van der Waals surface area (Å²) in [4.78, 5) is 0. The minimum absolute atomic E-state index is 0.0783. The molecular formula is C9H11F6IO. The molecule has 0 aliphatic heterocycles. The van der Waals surface area contributed by atoms with Crippen molar-refractivity contribution < 1.29 is 31.4 Å². The number of rotatable bonds is 1. The van der Waals surface area contributed by atoms with Crippen molar-refractivity contribution in [3.8, 4) is 0 Å². The molecule has 0 unspecified atom stereocenters. The van der Waals surface area contributed by atoms with E-state index >= 15 is 0 Å². The summed E-state index contributed by atoms with van der Waals surface area (Å²) in [7, 11) is 0. The van der Waals surface area contributed by atoms with E-state index in [9.17, 15) is 26.3 Å². The van der Waals surface area contributed by atoms with Gasteiger partial charge < -0.3 is 5.11 Å². The van der Waals surface area contributed by atoms with Crippen molar-refractivity contribution in [1.82, 2.24) is 0 Å². The highest BCUT2D eigenvalue weighted by Crippen LogP contribution is 2.51. The maximum absolute atomic E-state index is 12.5. The van der Waals surface area contributed by atoms with E-state index in [4.69, 9.17) is 5.11 Å². The minimum atomic E-state index is -5.69. The molecule has 0 aromatic rings. The zero-order valence-electron chi connectivity index (χ0n) is 8.58. The fraction of sp³-hybridized carbons (Fsp3) is 1.00. The summed E-state index contributed by atoms with van der Waals surface area (Å²) >= 11 is 1.99. The highest BCUT2D eigenvalue weighted by atomic mass is 127. The van der Waals surface area contributed by atoms with Gasteiger partial charge in [0.15, 0.2) is 0 Å². The Morgan fingerprint density at radius 2 is 1.18 bits per heavy atom. The van der Waals surface area contributed by atoms with Crippen LogP contribution in [0.25, 0.3) is 0 Å². The zero-order chi connectivity index (χ0) is 13.5. The smallest absolute Gasteiger partial charge is 0.373 e. The van der Waals surface area contributed by atoms with Crippen LogP contribution in [-0.2, 0) is 0 Å². The lowest BCUT2D eigenvalue weighted by molar-refractivity contribution is -0.386. The van der Waals surface area contributed by atoms with Crippen LogP contribution in [-0.4, -0.2) is 27.0 Å². The van der Waals surface area contributed by atoms with Crippen molar-refractivity contribution in [3.05, 3.63) is 0 Å². The quantitative estimate of drug-likeness (QED) is 0.419. The number of hydrogen-bond donors (Lipinski definition) is 1. The molecule has 1 saturated carbocycles. The summed E-state index contributed by atoms with van der Waals surface area (Å²) in [6.07, 6.45) is -11.4. The number of halogens is 7. The van der Waals surface area contributed by atoms with Gasteiger partial charge in [0.25, 0.3) is 5.60 Å². The molecule has 8 heteroatoms. The average Bonchev–Trinajstić information content (AvgIpc) is 2.14. The third-order valence-electron chi connectivity index (χ3n) is 3.11. The molecule has 17 heavy (non-hydrogen) atoms. The zero-order valence-corrected chi connectivity index (χ0v) is 10.7. The molecule has 1 aliphatic rings. The summed E-state index contributed by atoms with van der Waals surface area (Å²) < 4.78 is 75.1. The first-order chi connectivity index (χ1) is 7.50. The maximum Gasteiger partial charge on any atom is 0.426 e. The molecule has 0 amide bonds. The van der Waals surface area contributed by atoms with Crippen LogP contribution in [0.5, 0.6) is 0 Å². The standard InChI is InChI=1S/C9H11F6IO/c10-8(11,12)7(17,9(13,14)15)5-1-3-6(16)4-2-5/h5-6,17H,1-4H2. The Kier molecular flexibility index (Phi) is 4.28. The summed E-state index contributed by atoms with van der Waals surface area (Å²) in [5.74, 6) is -1.80. The SMILES string of the molecule is OC(C1CCC(I)CC1)(C(F)(F)F)C(F)(F)F. The van der Waals surface area contributed by atoms with Crippen LogP contribution in [0.3, 0.4) is 0 Å². The largest absolute Gasteiger partial charge is 0.426 e. The second-order valence-corrected chi connectivity index (χ2v) is 5.97. The molecule has 0 saturated heterocycles. The van der Waals surface area contributed by atoms with Crippen LogP contribution in [0.4, 0.5) is 26.3 Å². The molecule has 102 valence electrons. The lowest BCUT2D eigenvalue weighted by Gasteiger charge is -2.41. The molecule has 0 heterocycles. The van der Waals surface area contributed by atoms with Gasteiger partial charge >= 0.3 is 12.4 Å². The normalized spacial score (nSPS) is 28.2. The van der Waals surface area contributed by atoms with Gasteiger partial charge in [0.2, 0.25) is 0 Å². The van der Waals surface area contributed by atoms with Crippen molar-refractivity contribution in [2.45, 2.75) is 47.6 Å². The molecule has 0 aromatic heterocycles. The van der Waals surface area contributed by atoms with Crippen molar-refractivity contribution in [1.29, 1.82) is 0 Å². The molecule has 0 bridgehead atoms. The molecule has 0 atom stereocenters. The Labute approximate surface area is 108 Å². The van der Waals surface area contributed by atoms with Crippen LogP contribution in [0.2, 0.25) is 0 Å². The Hall–Kier alpha value is 0.270. The topological polar surface area (TPSA) is 20.2 Å². The van der Waals surface area contributed by atoms with Crippen LogP contribution >= 0.6 is 22.6 Å². The van der Waals surface area contributed by atoms with E-state index in [1.165, 1.54) is 0 Å². The Bertz CT molecular complexity index is 252. The van der Waals surface area contributed by atoms with Gasteiger partial charge in [-0.15, -0.1) is 0 Å². The molecular weight excluding hydrogens is 365 g/mol. The number of hydrogen-bond acceptors (Lipinski definition) is 1. The van der Waals surface area contributed by atoms with Crippen molar-refractivity contribution in [2.75, 3.05) is 0 Å². The second kappa shape index (κ2) is 4.75. The molecule has 0 radical (unpaired) electrons. The summed E-state index contributed by atoms with van der Waals surface area (Å²) in [6.45, 7) is 0. The van der Waals surface area contributed by atoms with Crippen LogP contribution < -0.4 is 0 Å². The van der Waals surface area contributed by atoms with E-state index in [1.807, 2.05) is 22.6 Å². The highest BCUT2D eigenvalue weighted by molar-refractivity contribution is 14.1. The Morgan fingerprint density at radius 3 is 1.47 bits per heavy atom. The lowest BCUT2D eigenvalue weighted by atomic mass is 9.76. The highest BCUT2D eigenvalue weighted by Gasteiger charge is 2.73. The predicted molar refractivity (Wildman–Crippen MR) is 56.8 cm³/mol. The van der Waals surface area contributed by atoms with Gasteiger partial charge in [-0.3, -0.25) is 0 Å². The molecule has 1 rings (SSSR count). The van der Waals surface area contributed by atoms with Gasteiger partial charge in [0, 0.05) is 9.84 Å². The summed E-state index contributed by atoms with van der Waals surface area (Å²) in [5.41, 5.74) is -4.57. The number of alkyl halides is 7. The van der Waals surface area contributed by atoms with E-state index in [2.05, 4.69) is 0 Å². The lowest BCUT2D eigenvalue weighted by Crippen LogP contribution is -2.62. The van der Waals surface area contributed by atoms with Gasteiger partial charge in [-0.2, -0.15) is 26.3 Å². The van der Waals surface area contributed by atoms with Crippen molar-refractivity contribution >= 4 is 22.6 Å². The fourth-order valence-corrected chi connectivity index (χ4v) is 2.81. The van der Waals surface area contributed by atoms with Gasteiger partial charge in [-0.05, 0) is 25.7 Å². The fourth-order valence-electron chi connectivity index (χ4n) is 2.09. The third kappa shape index (κ3) is 2.82. The van der Waals surface area contributed by atoms with Gasteiger partial charge in [-0.1, -0.05) is 22.6 Å². The Morgan fingerprint density at radius 1 is 0.824 bits per heavy atom. The molecule has 1 N–H and O–H groups in total. The second-order valence-electron chi connectivity index (χ2n) is 4.21. The van der Waals surface area contributed by atoms with Gasteiger partial charge in [0.05, 0.1) is 0 Å². The average molecular weight is 376 g/mol. The monoisotopic (exact) mass is 376 g/mol. The van der Waals surface area contributed by atoms with E-state index in [1.54, 1.807) is 0 Å². The third-order valence-corrected chi connectivity index (χ3v) is 4.36. The van der Waals surface area contributed by atoms with Crippen LogP contribution in [0, 0.1) is 5.92 Å².